The van der Waals surface area contributed by atoms with Gasteiger partial charge in [0.15, 0.2) is 0 Å². The zero-order valence-corrected chi connectivity index (χ0v) is 13.3. The number of hydrogen-bond acceptors (Lipinski definition) is 4. The van der Waals surface area contributed by atoms with Crippen molar-refractivity contribution in [2.45, 2.75) is 18.8 Å². The summed E-state index contributed by atoms with van der Waals surface area (Å²) >= 11 is 10.9. The predicted octanol–water partition coefficient (Wildman–Crippen LogP) is 2.90. The molecule has 0 amide bonds. The summed E-state index contributed by atoms with van der Waals surface area (Å²) in [5, 5.41) is 0. The van der Waals surface area contributed by atoms with Crippen LogP contribution in [0.25, 0.3) is 0 Å². The maximum atomic E-state index is 11.3. The zero-order chi connectivity index (χ0) is 15.7. The zero-order valence-electron chi connectivity index (χ0n) is 11.8. The molecule has 0 saturated carbocycles. The van der Waals surface area contributed by atoms with Gasteiger partial charge in [0.1, 0.15) is 25.0 Å². The Morgan fingerprint density at radius 3 is 1.86 bits per heavy atom. The molecule has 0 aliphatic heterocycles. The molecule has 0 saturated heterocycles. The summed E-state index contributed by atoms with van der Waals surface area (Å²) in [6.07, 6.45) is 0.627. The van der Waals surface area contributed by atoms with E-state index in [9.17, 15) is 9.59 Å². The molecule has 1 aromatic rings. The molecule has 116 valence electrons. The van der Waals surface area contributed by atoms with Crippen LogP contribution in [0.5, 0.6) is 0 Å². The van der Waals surface area contributed by atoms with Crippen molar-refractivity contribution in [1.29, 1.82) is 0 Å². The Balaban J connectivity index is 2.94. The van der Waals surface area contributed by atoms with Crippen molar-refractivity contribution in [3.05, 3.63) is 35.9 Å². The van der Waals surface area contributed by atoms with Gasteiger partial charge in [-0.1, -0.05) is 37.3 Å². The standard InChI is InChI=1S/C15H18Cl2O4/c1-2-15(10-20-13(18)8-16,11-21-14(19)9-17)12-6-4-3-5-7-12/h3-7H,2,8-11H2,1H3. The van der Waals surface area contributed by atoms with Crippen LogP contribution in [-0.2, 0) is 24.5 Å². The maximum Gasteiger partial charge on any atom is 0.320 e. The summed E-state index contributed by atoms with van der Waals surface area (Å²) in [5.74, 6) is -1.44. The summed E-state index contributed by atoms with van der Waals surface area (Å²) < 4.78 is 10.3. The molecular formula is C15H18Cl2O4. The van der Waals surface area contributed by atoms with Gasteiger partial charge >= 0.3 is 11.9 Å². The molecule has 1 aromatic carbocycles. The van der Waals surface area contributed by atoms with Crippen LogP contribution in [0.1, 0.15) is 18.9 Å². The molecule has 21 heavy (non-hydrogen) atoms. The van der Waals surface area contributed by atoms with Crippen molar-refractivity contribution in [1.82, 2.24) is 0 Å². The fourth-order valence-corrected chi connectivity index (χ4v) is 2.08. The highest BCUT2D eigenvalue weighted by molar-refractivity contribution is 6.26. The van der Waals surface area contributed by atoms with Gasteiger partial charge in [0.05, 0.1) is 5.41 Å². The monoisotopic (exact) mass is 332 g/mol. The second-order valence-electron chi connectivity index (χ2n) is 4.59. The van der Waals surface area contributed by atoms with Crippen LogP contribution in [0.3, 0.4) is 0 Å². The van der Waals surface area contributed by atoms with Gasteiger partial charge in [0, 0.05) is 0 Å². The lowest BCUT2D eigenvalue weighted by Gasteiger charge is -2.32. The molecule has 1 rings (SSSR count). The average molecular weight is 333 g/mol. The molecule has 0 heterocycles. The number of halogens is 2. The van der Waals surface area contributed by atoms with Crippen molar-refractivity contribution >= 4 is 35.1 Å². The molecule has 0 spiro atoms. The highest BCUT2D eigenvalue weighted by Gasteiger charge is 2.34. The van der Waals surface area contributed by atoms with Crippen molar-refractivity contribution in [3.8, 4) is 0 Å². The highest BCUT2D eigenvalue weighted by Crippen LogP contribution is 2.29. The summed E-state index contributed by atoms with van der Waals surface area (Å²) in [5.41, 5.74) is 0.322. The summed E-state index contributed by atoms with van der Waals surface area (Å²) in [6, 6.07) is 9.47. The van der Waals surface area contributed by atoms with E-state index in [2.05, 4.69) is 0 Å². The summed E-state index contributed by atoms with van der Waals surface area (Å²) in [4.78, 5) is 22.6. The van der Waals surface area contributed by atoms with E-state index in [1.807, 2.05) is 37.3 Å². The lowest BCUT2D eigenvalue weighted by molar-refractivity contribution is -0.147. The number of carbonyl (C=O) groups is 2. The van der Waals surface area contributed by atoms with Gasteiger partial charge in [-0.3, -0.25) is 9.59 Å². The number of carbonyl (C=O) groups excluding carboxylic acids is 2. The molecule has 0 unspecified atom stereocenters. The topological polar surface area (TPSA) is 52.6 Å². The van der Waals surface area contributed by atoms with E-state index in [1.54, 1.807) is 0 Å². The molecular weight excluding hydrogens is 315 g/mol. The van der Waals surface area contributed by atoms with Crippen LogP contribution >= 0.6 is 23.2 Å². The van der Waals surface area contributed by atoms with Crippen molar-refractivity contribution in [2.75, 3.05) is 25.0 Å². The molecule has 0 aliphatic rings. The van der Waals surface area contributed by atoms with Crippen LogP contribution < -0.4 is 0 Å². The SMILES string of the molecule is CCC(COC(=O)CCl)(COC(=O)CCl)c1ccccc1. The second-order valence-corrected chi connectivity index (χ2v) is 5.12. The Bertz CT molecular complexity index is 442. The number of ether oxygens (including phenoxy) is 2. The summed E-state index contributed by atoms with van der Waals surface area (Å²) in [7, 11) is 0. The molecule has 6 heteroatoms. The van der Waals surface area contributed by atoms with E-state index in [0.29, 0.717) is 6.42 Å². The van der Waals surface area contributed by atoms with Gasteiger partial charge in [-0.15, -0.1) is 23.2 Å². The molecule has 0 fully saturated rings. The van der Waals surface area contributed by atoms with Crippen molar-refractivity contribution < 1.29 is 19.1 Å². The fourth-order valence-electron chi connectivity index (χ4n) is 1.92. The van der Waals surface area contributed by atoms with E-state index in [4.69, 9.17) is 32.7 Å². The average Bonchev–Trinajstić information content (AvgIpc) is 2.55. The third-order valence-corrected chi connectivity index (χ3v) is 3.74. The molecule has 0 radical (unpaired) electrons. The second kappa shape index (κ2) is 8.90. The van der Waals surface area contributed by atoms with Crippen LogP contribution in [0, 0.1) is 0 Å². The van der Waals surface area contributed by atoms with Gasteiger partial charge in [-0.2, -0.15) is 0 Å². The Kier molecular flexibility index (Phi) is 7.54. The van der Waals surface area contributed by atoms with Crippen molar-refractivity contribution in [2.24, 2.45) is 0 Å². The number of benzene rings is 1. The lowest BCUT2D eigenvalue weighted by atomic mass is 9.79. The third kappa shape index (κ3) is 5.21. The smallest absolute Gasteiger partial charge is 0.320 e. The van der Waals surface area contributed by atoms with Crippen LogP contribution in [-0.4, -0.2) is 36.9 Å². The Morgan fingerprint density at radius 1 is 1.00 bits per heavy atom. The molecule has 4 nitrogen and oxygen atoms in total. The first kappa shape index (κ1) is 17.8. The largest absolute Gasteiger partial charge is 0.464 e. The number of esters is 2. The predicted molar refractivity (Wildman–Crippen MR) is 81.8 cm³/mol. The van der Waals surface area contributed by atoms with Crippen molar-refractivity contribution in [3.63, 3.8) is 0 Å². The molecule has 0 aliphatic carbocycles. The Hall–Kier alpha value is -1.26. The first-order valence-electron chi connectivity index (χ1n) is 6.56. The van der Waals surface area contributed by atoms with E-state index in [0.717, 1.165) is 5.56 Å². The first-order chi connectivity index (χ1) is 10.1. The third-order valence-electron chi connectivity index (χ3n) is 3.30. The van der Waals surface area contributed by atoms with Gasteiger partial charge in [0.2, 0.25) is 0 Å². The number of hydrogen-bond donors (Lipinski definition) is 0. The molecule has 0 atom stereocenters. The van der Waals surface area contributed by atoms with E-state index in [1.165, 1.54) is 0 Å². The lowest BCUT2D eigenvalue weighted by Crippen LogP contribution is -2.38. The Morgan fingerprint density at radius 2 is 1.48 bits per heavy atom. The Labute approximate surface area is 134 Å². The molecule has 0 N–H and O–H groups in total. The van der Waals surface area contributed by atoms with E-state index in [-0.39, 0.29) is 25.0 Å². The molecule has 0 aromatic heterocycles. The highest BCUT2D eigenvalue weighted by atomic mass is 35.5. The molecule has 0 bridgehead atoms. The maximum absolute atomic E-state index is 11.3. The first-order valence-corrected chi connectivity index (χ1v) is 7.63. The number of rotatable bonds is 8. The quantitative estimate of drug-likeness (QED) is 0.542. The van der Waals surface area contributed by atoms with Gasteiger partial charge in [0.25, 0.3) is 0 Å². The minimum atomic E-state index is -0.606. The summed E-state index contributed by atoms with van der Waals surface area (Å²) in [6.45, 7) is 2.12. The number of alkyl halides is 2. The fraction of sp³-hybridized carbons (Fsp3) is 0.467. The van der Waals surface area contributed by atoms with Crippen LogP contribution in [0.4, 0.5) is 0 Å². The van der Waals surface area contributed by atoms with Crippen LogP contribution in [0.15, 0.2) is 30.3 Å². The van der Waals surface area contributed by atoms with Gasteiger partial charge < -0.3 is 9.47 Å². The minimum Gasteiger partial charge on any atom is -0.464 e. The minimum absolute atomic E-state index is 0.0919. The van der Waals surface area contributed by atoms with E-state index < -0.39 is 17.4 Å². The normalized spacial score (nSPS) is 11.0. The van der Waals surface area contributed by atoms with Gasteiger partial charge in [-0.05, 0) is 12.0 Å². The van der Waals surface area contributed by atoms with Gasteiger partial charge in [-0.25, -0.2) is 0 Å². The van der Waals surface area contributed by atoms with E-state index >= 15 is 0 Å². The van der Waals surface area contributed by atoms with Crippen LogP contribution in [0.2, 0.25) is 0 Å².